The molecule has 0 spiro atoms. The number of hydroxylamine groups is 1. The Kier molecular flexibility index (Phi) is 3.59. The molecule has 0 bridgehead atoms. The van der Waals surface area contributed by atoms with Gasteiger partial charge >= 0.3 is 0 Å². The van der Waals surface area contributed by atoms with Crippen molar-refractivity contribution in [3.05, 3.63) is 34.7 Å². The highest BCUT2D eigenvalue weighted by molar-refractivity contribution is 7.21. The first-order valence-corrected chi connectivity index (χ1v) is 6.10. The number of fused-ring (bicyclic) bond motifs is 1. The SMILES string of the molecule is Cc1c(C(=O)NOCC(N)=O)sc2ccccc12. The molecule has 3 N–H and O–H groups in total. The van der Waals surface area contributed by atoms with Crippen LogP contribution in [0.5, 0.6) is 0 Å². The number of primary amides is 1. The number of aryl methyl sites for hydroxylation is 1. The van der Waals surface area contributed by atoms with E-state index >= 15 is 0 Å². The second-order valence-corrected chi connectivity index (χ2v) is 4.79. The van der Waals surface area contributed by atoms with Gasteiger partial charge < -0.3 is 5.73 Å². The fraction of sp³-hybridized carbons (Fsp3) is 0.167. The van der Waals surface area contributed by atoms with Gasteiger partial charge in [0, 0.05) is 4.70 Å². The maximum absolute atomic E-state index is 11.8. The summed E-state index contributed by atoms with van der Waals surface area (Å²) < 4.78 is 1.04. The van der Waals surface area contributed by atoms with Gasteiger partial charge in [0.2, 0.25) is 5.91 Å². The minimum absolute atomic E-state index is 0.338. The lowest BCUT2D eigenvalue weighted by atomic mass is 10.1. The van der Waals surface area contributed by atoms with Gasteiger partial charge in [0.1, 0.15) is 0 Å². The van der Waals surface area contributed by atoms with Crippen LogP contribution in [0.1, 0.15) is 15.2 Å². The molecule has 5 nitrogen and oxygen atoms in total. The number of carbonyl (C=O) groups excluding carboxylic acids is 2. The van der Waals surface area contributed by atoms with Crippen LogP contribution in [-0.2, 0) is 9.63 Å². The summed E-state index contributed by atoms with van der Waals surface area (Å²) in [6, 6.07) is 7.76. The van der Waals surface area contributed by atoms with Gasteiger partial charge in [0.05, 0.1) is 4.88 Å². The molecule has 0 atom stereocenters. The minimum Gasteiger partial charge on any atom is -0.368 e. The number of benzene rings is 1. The van der Waals surface area contributed by atoms with E-state index in [2.05, 4.69) is 5.48 Å². The van der Waals surface area contributed by atoms with Gasteiger partial charge in [0.25, 0.3) is 5.91 Å². The van der Waals surface area contributed by atoms with Crippen molar-refractivity contribution in [3.8, 4) is 0 Å². The van der Waals surface area contributed by atoms with Crippen LogP contribution in [0, 0.1) is 6.92 Å². The number of carbonyl (C=O) groups is 2. The van der Waals surface area contributed by atoms with Crippen molar-refractivity contribution in [1.82, 2.24) is 5.48 Å². The quantitative estimate of drug-likeness (QED) is 0.818. The van der Waals surface area contributed by atoms with Crippen molar-refractivity contribution >= 4 is 33.2 Å². The Bertz CT molecular complexity index is 606. The summed E-state index contributed by atoms with van der Waals surface area (Å²) in [4.78, 5) is 27.6. The van der Waals surface area contributed by atoms with Crippen LogP contribution < -0.4 is 11.2 Å². The Labute approximate surface area is 107 Å². The molecular weight excluding hydrogens is 252 g/mol. The van der Waals surface area contributed by atoms with E-state index in [-0.39, 0.29) is 12.5 Å². The zero-order valence-electron chi connectivity index (χ0n) is 9.73. The second-order valence-electron chi connectivity index (χ2n) is 3.74. The summed E-state index contributed by atoms with van der Waals surface area (Å²) in [5.41, 5.74) is 8.00. The predicted molar refractivity (Wildman–Crippen MR) is 69.2 cm³/mol. The van der Waals surface area contributed by atoms with Gasteiger partial charge in [-0.15, -0.1) is 11.3 Å². The van der Waals surface area contributed by atoms with Crippen molar-refractivity contribution < 1.29 is 14.4 Å². The number of hydrogen-bond acceptors (Lipinski definition) is 4. The summed E-state index contributed by atoms with van der Waals surface area (Å²) in [5, 5.41) is 1.04. The smallest absolute Gasteiger partial charge is 0.285 e. The molecule has 0 aliphatic carbocycles. The topological polar surface area (TPSA) is 81.4 Å². The van der Waals surface area contributed by atoms with Gasteiger partial charge in [-0.05, 0) is 23.9 Å². The Morgan fingerprint density at radius 3 is 2.78 bits per heavy atom. The van der Waals surface area contributed by atoms with Crippen molar-refractivity contribution in [1.29, 1.82) is 0 Å². The molecule has 1 heterocycles. The highest BCUT2D eigenvalue weighted by Gasteiger charge is 2.15. The Morgan fingerprint density at radius 1 is 1.39 bits per heavy atom. The standard InChI is InChI=1S/C12H12N2O3S/c1-7-8-4-2-3-5-9(8)18-11(7)12(16)14-17-6-10(13)15/h2-5H,6H2,1H3,(H2,13,15)(H,14,16). The molecule has 18 heavy (non-hydrogen) atoms. The zero-order valence-corrected chi connectivity index (χ0v) is 10.5. The summed E-state index contributed by atoms with van der Waals surface area (Å²) in [5.74, 6) is -1.00. The minimum atomic E-state index is -0.636. The lowest BCUT2D eigenvalue weighted by Gasteiger charge is -2.02. The number of nitrogens with one attached hydrogen (secondary N) is 1. The zero-order chi connectivity index (χ0) is 13.1. The molecule has 1 aromatic heterocycles. The fourth-order valence-electron chi connectivity index (χ4n) is 1.61. The van der Waals surface area contributed by atoms with E-state index in [4.69, 9.17) is 10.6 Å². The summed E-state index contributed by atoms with van der Waals surface area (Å²) in [7, 11) is 0. The highest BCUT2D eigenvalue weighted by atomic mass is 32.1. The molecule has 0 saturated heterocycles. The summed E-state index contributed by atoms with van der Waals surface area (Å²) in [6.45, 7) is 1.54. The van der Waals surface area contributed by atoms with Gasteiger partial charge in [-0.3, -0.25) is 14.4 Å². The molecule has 2 amide bonds. The molecule has 94 valence electrons. The second kappa shape index (κ2) is 5.16. The van der Waals surface area contributed by atoms with E-state index < -0.39 is 5.91 Å². The van der Waals surface area contributed by atoms with Gasteiger partial charge in [-0.2, -0.15) is 0 Å². The molecule has 2 aromatic rings. The first kappa shape index (κ1) is 12.5. The molecule has 0 fully saturated rings. The van der Waals surface area contributed by atoms with Crippen LogP contribution in [0.3, 0.4) is 0 Å². The maximum atomic E-state index is 11.8. The Morgan fingerprint density at radius 2 is 2.11 bits per heavy atom. The lowest BCUT2D eigenvalue weighted by molar-refractivity contribution is -0.124. The Hall–Kier alpha value is -1.92. The Balaban J connectivity index is 2.17. The van der Waals surface area contributed by atoms with E-state index in [0.29, 0.717) is 4.88 Å². The van der Waals surface area contributed by atoms with Crippen LogP contribution in [0.4, 0.5) is 0 Å². The van der Waals surface area contributed by atoms with Crippen LogP contribution >= 0.6 is 11.3 Å². The monoisotopic (exact) mass is 264 g/mol. The molecule has 0 radical (unpaired) electrons. The lowest BCUT2D eigenvalue weighted by Crippen LogP contribution is -2.29. The number of nitrogens with two attached hydrogens (primary N) is 1. The third-order valence-electron chi connectivity index (χ3n) is 2.43. The normalized spacial score (nSPS) is 10.5. The molecule has 0 aliphatic rings. The van der Waals surface area contributed by atoms with E-state index in [9.17, 15) is 9.59 Å². The van der Waals surface area contributed by atoms with Crippen molar-refractivity contribution in [2.45, 2.75) is 6.92 Å². The maximum Gasteiger partial charge on any atom is 0.285 e. The predicted octanol–water partition coefficient (Wildman–Crippen LogP) is 1.36. The first-order chi connectivity index (χ1) is 8.59. The average molecular weight is 264 g/mol. The third-order valence-corrected chi connectivity index (χ3v) is 3.70. The van der Waals surface area contributed by atoms with E-state index in [0.717, 1.165) is 15.6 Å². The molecule has 0 unspecified atom stereocenters. The van der Waals surface area contributed by atoms with E-state index in [1.54, 1.807) is 0 Å². The van der Waals surface area contributed by atoms with Crippen molar-refractivity contribution in [2.75, 3.05) is 6.61 Å². The van der Waals surface area contributed by atoms with Crippen LogP contribution in [0.2, 0.25) is 0 Å². The van der Waals surface area contributed by atoms with Gasteiger partial charge in [-0.1, -0.05) is 18.2 Å². The molecular formula is C12H12N2O3S. The van der Waals surface area contributed by atoms with Gasteiger partial charge in [-0.25, -0.2) is 5.48 Å². The number of amides is 2. The van der Waals surface area contributed by atoms with Crippen LogP contribution in [0.15, 0.2) is 24.3 Å². The first-order valence-electron chi connectivity index (χ1n) is 5.28. The summed E-state index contributed by atoms with van der Waals surface area (Å²) >= 11 is 1.38. The molecule has 1 aromatic carbocycles. The van der Waals surface area contributed by atoms with Crippen molar-refractivity contribution in [3.63, 3.8) is 0 Å². The van der Waals surface area contributed by atoms with Gasteiger partial charge in [0.15, 0.2) is 6.61 Å². The summed E-state index contributed by atoms with van der Waals surface area (Å²) in [6.07, 6.45) is 0. The number of rotatable bonds is 4. The van der Waals surface area contributed by atoms with E-state index in [1.165, 1.54) is 11.3 Å². The van der Waals surface area contributed by atoms with Crippen LogP contribution in [-0.4, -0.2) is 18.4 Å². The third kappa shape index (κ3) is 2.49. The largest absolute Gasteiger partial charge is 0.368 e. The number of hydrogen-bond donors (Lipinski definition) is 2. The fourth-order valence-corrected chi connectivity index (χ4v) is 2.71. The highest BCUT2D eigenvalue weighted by Crippen LogP contribution is 2.30. The van der Waals surface area contributed by atoms with E-state index in [1.807, 2.05) is 31.2 Å². The molecule has 0 saturated carbocycles. The average Bonchev–Trinajstić information content (AvgIpc) is 2.67. The van der Waals surface area contributed by atoms with Crippen LogP contribution in [0.25, 0.3) is 10.1 Å². The molecule has 6 heteroatoms. The molecule has 2 rings (SSSR count). The molecule has 0 aliphatic heterocycles. The van der Waals surface area contributed by atoms with Crippen molar-refractivity contribution in [2.24, 2.45) is 5.73 Å². The number of thiophene rings is 1.